The van der Waals surface area contributed by atoms with Crippen LogP contribution in [0.2, 0.25) is 0 Å². The van der Waals surface area contributed by atoms with Crippen LogP contribution in [0.15, 0.2) is 97.1 Å². The molecular weight excluding hydrogens is 646 g/mol. The molecule has 0 aliphatic rings. The highest BCUT2D eigenvalue weighted by molar-refractivity contribution is 7.50. The van der Waals surface area contributed by atoms with Crippen molar-refractivity contribution in [3.8, 4) is 34.5 Å². The van der Waals surface area contributed by atoms with Crippen molar-refractivity contribution < 1.29 is 36.3 Å². The lowest BCUT2D eigenvalue weighted by Crippen LogP contribution is -2.10. The molecule has 250 valence electrons. The second-order valence-corrected chi connectivity index (χ2v) is 14.9. The van der Waals surface area contributed by atoms with Crippen molar-refractivity contribution in [3.63, 3.8) is 0 Å². The lowest BCUT2D eigenvalue weighted by molar-refractivity contribution is 0.293. The van der Waals surface area contributed by atoms with Gasteiger partial charge in [0.2, 0.25) is 0 Å². The van der Waals surface area contributed by atoms with Crippen LogP contribution in [-0.4, -0.2) is 0 Å². The Balaban J connectivity index is 1.48. The van der Waals surface area contributed by atoms with Crippen molar-refractivity contribution in [2.24, 2.45) is 0 Å². The van der Waals surface area contributed by atoms with E-state index in [0.717, 1.165) is 44.5 Å². The fraction of sp³-hybridized carbons (Fsp3) is 0.211. The molecular formula is C38H40O8P2. The lowest BCUT2D eigenvalue weighted by Gasteiger charge is -2.23. The quantitative estimate of drug-likeness (QED) is 0.120. The predicted octanol–water partition coefficient (Wildman–Crippen LogP) is 11.4. The summed E-state index contributed by atoms with van der Waals surface area (Å²) in [7, 11) is -8.72. The fourth-order valence-corrected chi connectivity index (χ4v) is 7.80. The highest BCUT2D eigenvalue weighted by Crippen LogP contribution is 2.54. The molecule has 0 amide bonds. The van der Waals surface area contributed by atoms with Crippen LogP contribution in [0.3, 0.4) is 0 Å². The summed E-state index contributed by atoms with van der Waals surface area (Å²) in [6.07, 6.45) is 0. The number of hydrogen-bond acceptors (Lipinski definition) is 8. The smallest absolute Gasteiger partial charge is 0.386 e. The van der Waals surface area contributed by atoms with Gasteiger partial charge in [0.05, 0.1) is 0 Å². The first-order valence-electron chi connectivity index (χ1n) is 15.5. The fourth-order valence-electron chi connectivity index (χ4n) is 5.05. The molecule has 0 N–H and O–H groups in total. The van der Waals surface area contributed by atoms with Gasteiger partial charge in [-0.05, 0) is 114 Å². The Morgan fingerprint density at radius 3 is 0.875 bits per heavy atom. The van der Waals surface area contributed by atoms with Crippen LogP contribution in [0.1, 0.15) is 44.5 Å². The molecule has 0 aliphatic carbocycles. The van der Waals surface area contributed by atoms with E-state index >= 15 is 0 Å². The molecule has 5 aromatic rings. The number of phosphoric acid groups is 2. The Hall–Kier alpha value is -4.64. The van der Waals surface area contributed by atoms with Gasteiger partial charge in [0, 0.05) is 6.07 Å². The largest absolute Gasteiger partial charge is 0.647 e. The van der Waals surface area contributed by atoms with Crippen molar-refractivity contribution in [3.05, 3.63) is 142 Å². The van der Waals surface area contributed by atoms with Crippen LogP contribution in [0.4, 0.5) is 0 Å². The molecule has 8 nitrogen and oxygen atoms in total. The first-order valence-corrected chi connectivity index (χ1v) is 18.4. The van der Waals surface area contributed by atoms with Crippen LogP contribution >= 0.6 is 15.6 Å². The van der Waals surface area contributed by atoms with Gasteiger partial charge in [0.25, 0.3) is 0 Å². The molecule has 0 saturated carbocycles. The summed E-state index contributed by atoms with van der Waals surface area (Å²) in [4.78, 5) is 0. The second kappa shape index (κ2) is 14.2. The zero-order valence-corrected chi connectivity index (χ0v) is 30.2. The molecule has 0 fully saturated rings. The van der Waals surface area contributed by atoms with Crippen LogP contribution in [0, 0.1) is 55.4 Å². The molecule has 5 aromatic carbocycles. The maximum atomic E-state index is 14.4. The van der Waals surface area contributed by atoms with Gasteiger partial charge in [0.15, 0.2) is 0 Å². The number of benzene rings is 5. The van der Waals surface area contributed by atoms with E-state index in [0.29, 0.717) is 23.0 Å². The summed E-state index contributed by atoms with van der Waals surface area (Å²) >= 11 is 0. The zero-order valence-electron chi connectivity index (χ0n) is 28.4. The zero-order chi connectivity index (χ0) is 34.6. The first-order chi connectivity index (χ1) is 22.7. The highest BCUT2D eigenvalue weighted by atomic mass is 31.2. The monoisotopic (exact) mass is 686 g/mol. The Morgan fingerprint density at radius 2 is 0.625 bits per heavy atom. The Labute approximate surface area is 282 Å². The van der Waals surface area contributed by atoms with E-state index in [2.05, 4.69) is 0 Å². The van der Waals surface area contributed by atoms with E-state index in [4.69, 9.17) is 27.1 Å². The minimum atomic E-state index is -4.36. The molecule has 0 bridgehead atoms. The lowest BCUT2D eigenvalue weighted by atomic mass is 10.1. The van der Waals surface area contributed by atoms with Gasteiger partial charge in [-0.1, -0.05) is 76.9 Å². The van der Waals surface area contributed by atoms with Crippen LogP contribution < -0.4 is 27.1 Å². The van der Waals surface area contributed by atoms with Crippen molar-refractivity contribution in [2.75, 3.05) is 0 Å². The third-order valence-electron chi connectivity index (χ3n) is 7.40. The number of aryl methyl sites for hydroxylation is 8. The van der Waals surface area contributed by atoms with E-state index in [9.17, 15) is 9.13 Å². The average molecular weight is 687 g/mol. The topological polar surface area (TPSA) is 89.5 Å². The van der Waals surface area contributed by atoms with Gasteiger partial charge in [-0.25, -0.2) is 0 Å². The second-order valence-electron chi connectivity index (χ2n) is 12.0. The van der Waals surface area contributed by atoms with Crippen LogP contribution in [-0.2, 0) is 9.13 Å². The maximum Gasteiger partial charge on any atom is 0.647 e. The predicted molar refractivity (Wildman–Crippen MR) is 189 cm³/mol. The van der Waals surface area contributed by atoms with E-state index in [1.54, 1.807) is 42.5 Å². The normalized spacial score (nSPS) is 11.5. The summed E-state index contributed by atoms with van der Waals surface area (Å²) in [5, 5.41) is 0. The Kier molecular flexibility index (Phi) is 10.3. The van der Waals surface area contributed by atoms with Crippen LogP contribution in [0.5, 0.6) is 34.5 Å². The van der Waals surface area contributed by atoms with Crippen LogP contribution in [0.25, 0.3) is 0 Å². The van der Waals surface area contributed by atoms with E-state index < -0.39 is 15.6 Å². The van der Waals surface area contributed by atoms with Crippen molar-refractivity contribution in [1.29, 1.82) is 0 Å². The molecule has 5 rings (SSSR count). The van der Waals surface area contributed by atoms with Crippen molar-refractivity contribution >= 4 is 15.6 Å². The molecule has 10 heteroatoms. The maximum absolute atomic E-state index is 14.4. The molecule has 48 heavy (non-hydrogen) atoms. The number of phosphoric ester groups is 2. The van der Waals surface area contributed by atoms with E-state index in [-0.39, 0.29) is 11.5 Å². The third-order valence-corrected chi connectivity index (χ3v) is 9.95. The van der Waals surface area contributed by atoms with Crippen molar-refractivity contribution in [2.45, 2.75) is 55.4 Å². The number of hydrogen-bond donors (Lipinski definition) is 0. The van der Waals surface area contributed by atoms with E-state index in [1.807, 2.05) is 104 Å². The molecule has 0 spiro atoms. The molecule has 0 heterocycles. The summed E-state index contributed by atoms with van der Waals surface area (Å²) in [5.41, 5.74) is 7.11. The third kappa shape index (κ3) is 8.83. The Bertz CT molecular complexity index is 1800. The minimum absolute atomic E-state index is 0.0787. The molecule has 0 atom stereocenters. The van der Waals surface area contributed by atoms with Gasteiger partial charge in [0.1, 0.15) is 34.5 Å². The van der Waals surface area contributed by atoms with Gasteiger partial charge in [-0.2, -0.15) is 9.13 Å². The van der Waals surface area contributed by atoms with Crippen molar-refractivity contribution in [1.82, 2.24) is 0 Å². The Morgan fingerprint density at radius 1 is 0.354 bits per heavy atom. The van der Waals surface area contributed by atoms with E-state index in [1.165, 1.54) is 6.07 Å². The van der Waals surface area contributed by atoms with Gasteiger partial charge in [-0.3, -0.25) is 0 Å². The standard InChI is InChI=1S/C38H40O8P2/c1-25-12-16-35(29(5)20-25)43-47(39,44-36-17-13-26(2)21-30(36)6)41-33-10-9-11-34(24-33)42-48(40,45-37-18-14-27(3)22-31(37)7)46-38-19-15-28(4)23-32(38)8/h9-24H,1-8H3. The summed E-state index contributed by atoms with van der Waals surface area (Å²) in [6.45, 7) is 15.2. The minimum Gasteiger partial charge on any atom is -0.386 e. The molecule has 0 radical (unpaired) electrons. The summed E-state index contributed by atoms with van der Waals surface area (Å²) in [5.74, 6) is 1.53. The highest BCUT2D eigenvalue weighted by Gasteiger charge is 2.37. The summed E-state index contributed by atoms with van der Waals surface area (Å²) < 4.78 is 64.7. The average Bonchev–Trinajstić information content (AvgIpc) is 2.99. The van der Waals surface area contributed by atoms with Gasteiger partial charge >= 0.3 is 15.6 Å². The molecule has 0 saturated heterocycles. The SMILES string of the molecule is Cc1ccc(OP(=O)(Oc2cccc(OP(=O)(Oc3ccc(C)cc3C)Oc3ccc(C)cc3C)c2)Oc2ccc(C)cc2C)c(C)c1. The van der Waals surface area contributed by atoms with Gasteiger partial charge < -0.3 is 27.1 Å². The molecule has 0 aromatic heterocycles. The summed E-state index contributed by atoms with van der Waals surface area (Å²) in [6, 6.07) is 28.1. The first kappa shape index (κ1) is 34.7. The number of rotatable bonds is 12. The molecule has 0 aliphatic heterocycles. The molecule has 0 unspecified atom stereocenters. The van der Waals surface area contributed by atoms with Gasteiger partial charge in [-0.15, -0.1) is 0 Å².